The summed E-state index contributed by atoms with van der Waals surface area (Å²) >= 11 is 1.54. The first kappa shape index (κ1) is 20.4. The molecule has 0 saturated carbocycles. The Labute approximate surface area is 188 Å². The standard InChI is InChI=1S/C24H21N3O4S/c1-30-11-10-27-22(20-7-4-12-32-20)21(16-5-2-3-6-17(16)24(27)29)23(28)26-15-8-9-18-19(13-15)31-14-25-18/h2-9,12-14,21-22H,10-11H2,1H3,(H,26,28). The van der Waals surface area contributed by atoms with E-state index in [2.05, 4.69) is 10.3 Å². The van der Waals surface area contributed by atoms with Crippen molar-refractivity contribution in [3.8, 4) is 0 Å². The Morgan fingerprint density at radius 3 is 2.91 bits per heavy atom. The lowest BCUT2D eigenvalue weighted by Crippen LogP contribution is -2.47. The Hall–Kier alpha value is -3.49. The van der Waals surface area contributed by atoms with Gasteiger partial charge in [0.2, 0.25) is 5.91 Å². The zero-order valence-corrected chi connectivity index (χ0v) is 18.2. The van der Waals surface area contributed by atoms with Crippen LogP contribution in [0.25, 0.3) is 11.1 Å². The van der Waals surface area contributed by atoms with E-state index >= 15 is 0 Å². The Morgan fingerprint density at radius 2 is 2.09 bits per heavy atom. The van der Waals surface area contributed by atoms with Gasteiger partial charge in [0.25, 0.3) is 5.91 Å². The van der Waals surface area contributed by atoms with Gasteiger partial charge in [-0.05, 0) is 35.2 Å². The molecule has 1 aliphatic heterocycles. The number of rotatable bonds is 6. The molecule has 2 amide bonds. The summed E-state index contributed by atoms with van der Waals surface area (Å²) in [5.74, 6) is -0.863. The van der Waals surface area contributed by atoms with Crippen molar-refractivity contribution in [2.75, 3.05) is 25.6 Å². The summed E-state index contributed by atoms with van der Waals surface area (Å²) in [4.78, 5) is 33.9. The van der Waals surface area contributed by atoms with E-state index in [0.717, 1.165) is 16.0 Å². The molecule has 2 aromatic heterocycles. The quantitative estimate of drug-likeness (QED) is 0.472. The topological polar surface area (TPSA) is 84.7 Å². The van der Waals surface area contributed by atoms with Gasteiger partial charge in [-0.2, -0.15) is 0 Å². The van der Waals surface area contributed by atoms with Crippen LogP contribution in [-0.4, -0.2) is 42.0 Å². The highest BCUT2D eigenvalue weighted by molar-refractivity contribution is 7.10. The van der Waals surface area contributed by atoms with E-state index in [-0.39, 0.29) is 11.8 Å². The minimum Gasteiger partial charge on any atom is -0.443 e. The van der Waals surface area contributed by atoms with Crippen molar-refractivity contribution in [2.24, 2.45) is 0 Å². The molecule has 8 heteroatoms. The molecule has 0 fully saturated rings. The number of nitrogens with zero attached hydrogens (tertiary/aromatic N) is 2. The van der Waals surface area contributed by atoms with Gasteiger partial charge in [0.05, 0.1) is 18.6 Å². The predicted molar refractivity (Wildman–Crippen MR) is 122 cm³/mol. The number of hydrogen-bond acceptors (Lipinski definition) is 6. The van der Waals surface area contributed by atoms with Crippen LogP contribution in [0, 0.1) is 0 Å². The van der Waals surface area contributed by atoms with Gasteiger partial charge in [0.1, 0.15) is 5.52 Å². The van der Waals surface area contributed by atoms with Crippen LogP contribution in [0.4, 0.5) is 5.69 Å². The Bertz CT molecular complexity index is 1270. The summed E-state index contributed by atoms with van der Waals surface area (Å²) in [6, 6.07) is 16.2. The first-order valence-electron chi connectivity index (χ1n) is 10.2. The van der Waals surface area contributed by atoms with Crippen LogP contribution in [0.1, 0.15) is 32.8 Å². The highest BCUT2D eigenvalue weighted by atomic mass is 32.1. The largest absolute Gasteiger partial charge is 0.443 e. The maximum absolute atomic E-state index is 13.7. The van der Waals surface area contributed by atoms with E-state index in [9.17, 15) is 9.59 Å². The second-order valence-electron chi connectivity index (χ2n) is 7.54. The molecule has 162 valence electrons. The molecule has 2 atom stereocenters. The molecule has 3 heterocycles. The van der Waals surface area contributed by atoms with E-state index in [4.69, 9.17) is 9.15 Å². The van der Waals surface area contributed by atoms with Crippen molar-refractivity contribution in [3.63, 3.8) is 0 Å². The third kappa shape index (κ3) is 3.57. The monoisotopic (exact) mass is 447 g/mol. The number of ether oxygens (including phenoxy) is 1. The molecule has 2 unspecified atom stereocenters. The summed E-state index contributed by atoms with van der Waals surface area (Å²) in [5, 5.41) is 4.99. The van der Waals surface area contributed by atoms with Crippen molar-refractivity contribution in [3.05, 3.63) is 82.4 Å². The van der Waals surface area contributed by atoms with Crippen molar-refractivity contribution in [1.82, 2.24) is 9.88 Å². The lowest BCUT2D eigenvalue weighted by molar-refractivity contribution is -0.119. The maximum atomic E-state index is 13.7. The summed E-state index contributed by atoms with van der Waals surface area (Å²) in [7, 11) is 1.60. The molecule has 5 rings (SSSR count). The van der Waals surface area contributed by atoms with Gasteiger partial charge in [-0.15, -0.1) is 11.3 Å². The fourth-order valence-electron chi connectivity index (χ4n) is 4.24. The molecule has 0 aliphatic carbocycles. The molecule has 4 aromatic rings. The smallest absolute Gasteiger partial charge is 0.254 e. The normalized spacial score (nSPS) is 18.0. The van der Waals surface area contributed by atoms with Gasteiger partial charge in [-0.25, -0.2) is 4.98 Å². The van der Waals surface area contributed by atoms with Crippen LogP contribution in [0.2, 0.25) is 0 Å². The summed E-state index contributed by atoms with van der Waals surface area (Å²) in [6.07, 6.45) is 1.37. The van der Waals surface area contributed by atoms with Gasteiger partial charge in [-0.3, -0.25) is 9.59 Å². The number of fused-ring (bicyclic) bond motifs is 2. The maximum Gasteiger partial charge on any atom is 0.254 e. The number of benzene rings is 2. The summed E-state index contributed by atoms with van der Waals surface area (Å²) in [5.41, 5.74) is 3.20. The minimum absolute atomic E-state index is 0.0943. The number of oxazole rings is 1. The molecule has 0 saturated heterocycles. The number of aromatic nitrogens is 1. The summed E-state index contributed by atoms with van der Waals surface area (Å²) in [6.45, 7) is 0.770. The number of anilines is 1. The Morgan fingerprint density at radius 1 is 1.22 bits per heavy atom. The second kappa shape index (κ2) is 8.57. The lowest BCUT2D eigenvalue weighted by atomic mass is 9.81. The van der Waals surface area contributed by atoms with E-state index in [0.29, 0.717) is 30.0 Å². The van der Waals surface area contributed by atoms with Gasteiger partial charge in [0.15, 0.2) is 12.0 Å². The molecule has 0 spiro atoms. The second-order valence-corrected chi connectivity index (χ2v) is 8.52. The number of nitrogens with one attached hydrogen (secondary N) is 1. The van der Waals surface area contributed by atoms with Crippen LogP contribution in [0.3, 0.4) is 0 Å². The molecular weight excluding hydrogens is 426 g/mol. The van der Waals surface area contributed by atoms with E-state index in [1.807, 2.05) is 35.7 Å². The van der Waals surface area contributed by atoms with Crippen LogP contribution in [-0.2, 0) is 9.53 Å². The van der Waals surface area contributed by atoms with Crippen molar-refractivity contribution >= 4 is 39.9 Å². The van der Waals surface area contributed by atoms with E-state index in [1.54, 1.807) is 36.3 Å². The number of carbonyl (C=O) groups excluding carboxylic acids is 2. The fourth-order valence-corrected chi connectivity index (χ4v) is 5.11. The molecule has 2 aromatic carbocycles. The Kier molecular flexibility index (Phi) is 5.46. The number of carbonyl (C=O) groups is 2. The van der Waals surface area contributed by atoms with Crippen LogP contribution < -0.4 is 5.32 Å². The third-order valence-corrected chi connectivity index (χ3v) is 6.63. The predicted octanol–water partition coefficient (Wildman–Crippen LogP) is 4.46. The Balaban J connectivity index is 1.58. The van der Waals surface area contributed by atoms with Gasteiger partial charge < -0.3 is 19.4 Å². The SMILES string of the molecule is COCCN1C(=O)c2ccccc2C(C(=O)Nc2ccc3ncoc3c2)C1c1cccs1. The molecular formula is C24H21N3O4S. The highest BCUT2D eigenvalue weighted by Crippen LogP contribution is 2.44. The zero-order valence-electron chi connectivity index (χ0n) is 17.4. The molecule has 1 N–H and O–H groups in total. The lowest BCUT2D eigenvalue weighted by Gasteiger charge is -2.41. The van der Waals surface area contributed by atoms with Crippen molar-refractivity contribution < 1.29 is 18.7 Å². The number of amides is 2. The summed E-state index contributed by atoms with van der Waals surface area (Å²) < 4.78 is 10.6. The average Bonchev–Trinajstić information content (AvgIpc) is 3.50. The fraction of sp³-hybridized carbons (Fsp3) is 0.208. The van der Waals surface area contributed by atoms with Gasteiger partial charge in [-0.1, -0.05) is 24.3 Å². The third-order valence-electron chi connectivity index (χ3n) is 5.69. The van der Waals surface area contributed by atoms with Crippen LogP contribution in [0.15, 0.2) is 70.8 Å². The molecule has 0 radical (unpaired) electrons. The van der Waals surface area contributed by atoms with Crippen molar-refractivity contribution in [2.45, 2.75) is 12.0 Å². The van der Waals surface area contributed by atoms with E-state index in [1.165, 1.54) is 17.7 Å². The average molecular weight is 448 g/mol. The number of thiophene rings is 1. The number of methoxy groups -OCH3 is 1. The minimum atomic E-state index is -0.579. The van der Waals surface area contributed by atoms with Gasteiger partial charge >= 0.3 is 0 Å². The molecule has 1 aliphatic rings. The van der Waals surface area contributed by atoms with Crippen LogP contribution >= 0.6 is 11.3 Å². The van der Waals surface area contributed by atoms with Crippen molar-refractivity contribution in [1.29, 1.82) is 0 Å². The van der Waals surface area contributed by atoms with Gasteiger partial charge in [0, 0.05) is 35.8 Å². The first-order valence-corrected chi connectivity index (χ1v) is 11.1. The molecule has 0 bridgehead atoms. The highest BCUT2D eigenvalue weighted by Gasteiger charge is 2.44. The molecule has 7 nitrogen and oxygen atoms in total. The molecule has 32 heavy (non-hydrogen) atoms. The first-order chi connectivity index (χ1) is 15.7. The van der Waals surface area contributed by atoms with Crippen LogP contribution in [0.5, 0.6) is 0 Å². The zero-order chi connectivity index (χ0) is 22.1. The number of hydrogen-bond donors (Lipinski definition) is 1. The van der Waals surface area contributed by atoms with E-state index < -0.39 is 12.0 Å².